The SMILES string of the molecule is CCCCCCCCCCCCN(C)C(=O)c1cccc([N+](=O)[O-])c1. The molecular weight excluding hydrogens is 316 g/mol. The van der Waals surface area contributed by atoms with Gasteiger partial charge in [0.2, 0.25) is 0 Å². The van der Waals surface area contributed by atoms with E-state index in [1.54, 1.807) is 24.1 Å². The summed E-state index contributed by atoms with van der Waals surface area (Å²) in [6.45, 7) is 2.93. The first-order valence-corrected chi connectivity index (χ1v) is 9.56. The van der Waals surface area contributed by atoms with E-state index in [1.807, 2.05) is 0 Å². The van der Waals surface area contributed by atoms with Crippen molar-refractivity contribution in [1.82, 2.24) is 4.90 Å². The van der Waals surface area contributed by atoms with Crippen LogP contribution in [0.2, 0.25) is 0 Å². The van der Waals surface area contributed by atoms with Crippen molar-refractivity contribution in [2.45, 2.75) is 71.1 Å². The Bertz CT molecular complexity index is 531. The number of hydrogen-bond acceptors (Lipinski definition) is 3. The Morgan fingerprint density at radius 2 is 1.56 bits per heavy atom. The second kappa shape index (κ2) is 12.5. The zero-order valence-electron chi connectivity index (χ0n) is 15.7. The fourth-order valence-corrected chi connectivity index (χ4v) is 2.91. The van der Waals surface area contributed by atoms with Crippen molar-refractivity contribution in [2.24, 2.45) is 0 Å². The van der Waals surface area contributed by atoms with Gasteiger partial charge < -0.3 is 4.90 Å². The number of amides is 1. The third-order valence-electron chi connectivity index (χ3n) is 4.50. The topological polar surface area (TPSA) is 63.5 Å². The summed E-state index contributed by atoms with van der Waals surface area (Å²) >= 11 is 0. The molecule has 0 N–H and O–H groups in total. The van der Waals surface area contributed by atoms with Gasteiger partial charge in [-0.3, -0.25) is 14.9 Å². The minimum absolute atomic E-state index is 0.0433. The van der Waals surface area contributed by atoms with Crippen LogP contribution in [0.5, 0.6) is 0 Å². The van der Waals surface area contributed by atoms with Gasteiger partial charge in [0, 0.05) is 31.3 Å². The first-order valence-electron chi connectivity index (χ1n) is 9.56. The lowest BCUT2D eigenvalue weighted by Crippen LogP contribution is -2.27. The third kappa shape index (κ3) is 8.66. The molecule has 0 unspecified atom stereocenters. The Morgan fingerprint density at radius 3 is 2.12 bits per heavy atom. The van der Waals surface area contributed by atoms with Crippen molar-refractivity contribution in [3.05, 3.63) is 39.9 Å². The number of nitrogens with zero attached hydrogens (tertiary/aromatic N) is 2. The van der Waals surface area contributed by atoms with E-state index in [-0.39, 0.29) is 11.6 Å². The molecule has 0 atom stereocenters. The van der Waals surface area contributed by atoms with Crippen molar-refractivity contribution in [3.63, 3.8) is 0 Å². The van der Waals surface area contributed by atoms with Crippen molar-refractivity contribution in [3.8, 4) is 0 Å². The van der Waals surface area contributed by atoms with Gasteiger partial charge in [0.1, 0.15) is 0 Å². The second-order valence-electron chi connectivity index (χ2n) is 6.72. The third-order valence-corrected chi connectivity index (χ3v) is 4.50. The lowest BCUT2D eigenvalue weighted by Gasteiger charge is -2.17. The van der Waals surface area contributed by atoms with Gasteiger partial charge in [-0.2, -0.15) is 0 Å². The van der Waals surface area contributed by atoms with E-state index in [0.717, 1.165) is 12.8 Å². The van der Waals surface area contributed by atoms with E-state index in [1.165, 1.54) is 63.5 Å². The lowest BCUT2D eigenvalue weighted by molar-refractivity contribution is -0.384. The van der Waals surface area contributed by atoms with Crippen LogP contribution < -0.4 is 0 Å². The van der Waals surface area contributed by atoms with Gasteiger partial charge >= 0.3 is 0 Å². The predicted molar refractivity (Wildman–Crippen MR) is 102 cm³/mol. The lowest BCUT2D eigenvalue weighted by atomic mass is 10.1. The molecule has 0 aliphatic heterocycles. The fraction of sp³-hybridized carbons (Fsp3) is 0.650. The van der Waals surface area contributed by atoms with E-state index in [9.17, 15) is 14.9 Å². The molecule has 0 saturated carbocycles. The number of carbonyl (C=O) groups excluding carboxylic acids is 1. The first kappa shape index (κ1) is 21.1. The largest absolute Gasteiger partial charge is 0.342 e. The fourth-order valence-electron chi connectivity index (χ4n) is 2.91. The molecule has 140 valence electrons. The number of nitro groups is 1. The Hall–Kier alpha value is -1.91. The summed E-state index contributed by atoms with van der Waals surface area (Å²) in [7, 11) is 1.76. The minimum atomic E-state index is -0.473. The van der Waals surface area contributed by atoms with Crippen molar-refractivity contribution in [1.29, 1.82) is 0 Å². The van der Waals surface area contributed by atoms with E-state index in [4.69, 9.17) is 0 Å². The Morgan fingerprint density at radius 1 is 1.00 bits per heavy atom. The maximum Gasteiger partial charge on any atom is 0.270 e. The molecule has 0 aliphatic carbocycles. The van der Waals surface area contributed by atoms with Gasteiger partial charge in [-0.05, 0) is 12.5 Å². The average Bonchev–Trinajstić information content (AvgIpc) is 2.62. The Kier molecular flexibility index (Phi) is 10.5. The van der Waals surface area contributed by atoms with Crippen LogP contribution in [-0.2, 0) is 0 Å². The van der Waals surface area contributed by atoms with E-state index >= 15 is 0 Å². The van der Waals surface area contributed by atoms with Gasteiger partial charge in [-0.15, -0.1) is 0 Å². The summed E-state index contributed by atoms with van der Waals surface area (Å²) in [6.07, 6.45) is 12.6. The van der Waals surface area contributed by atoms with Crippen molar-refractivity contribution in [2.75, 3.05) is 13.6 Å². The van der Waals surface area contributed by atoms with Crippen LogP contribution >= 0.6 is 0 Å². The summed E-state index contributed by atoms with van der Waals surface area (Å²) in [5, 5.41) is 10.8. The molecule has 5 heteroatoms. The molecule has 5 nitrogen and oxygen atoms in total. The highest BCUT2D eigenvalue weighted by atomic mass is 16.6. The molecule has 0 radical (unpaired) electrons. The molecule has 0 bridgehead atoms. The Balaban J connectivity index is 2.17. The second-order valence-corrected chi connectivity index (χ2v) is 6.72. The Labute approximate surface area is 151 Å². The average molecular weight is 348 g/mol. The normalized spacial score (nSPS) is 10.6. The zero-order valence-corrected chi connectivity index (χ0v) is 15.7. The predicted octanol–water partition coefficient (Wildman–Crippen LogP) is 5.59. The number of nitro benzene ring substituents is 1. The number of carbonyl (C=O) groups is 1. The van der Waals surface area contributed by atoms with Crippen LogP contribution in [0.1, 0.15) is 81.5 Å². The number of rotatable bonds is 13. The van der Waals surface area contributed by atoms with Crippen molar-refractivity contribution < 1.29 is 9.72 Å². The monoisotopic (exact) mass is 348 g/mol. The van der Waals surface area contributed by atoms with E-state index < -0.39 is 4.92 Å². The zero-order chi connectivity index (χ0) is 18.5. The summed E-state index contributed by atoms with van der Waals surface area (Å²) in [6, 6.07) is 5.93. The van der Waals surface area contributed by atoms with Gasteiger partial charge in [-0.25, -0.2) is 0 Å². The number of hydrogen-bond donors (Lipinski definition) is 0. The molecule has 0 spiro atoms. The maximum atomic E-state index is 12.3. The molecule has 0 saturated heterocycles. The smallest absolute Gasteiger partial charge is 0.270 e. The molecule has 25 heavy (non-hydrogen) atoms. The quantitative estimate of drug-likeness (QED) is 0.265. The highest BCUT2D eigenvalue weighted by molar-refractivity contribution is 5.94. The minimum Gasteiger partial charge on any atom is -0.342 e. The number of unbranched alkanes of at least 4 members (excludes halogenated alkanes) is 9. The van der Waals surface area contributed by atoms with Crippen LogP contribution in [0.4, 0.5) is 5.69 Å². The van der Waals surface area contributed by atoms with Gasteiger partial charge in [0.25, 0.3) is 11.6 Å². The maximum absolute atomic E-state index is 12.3. The van der Waals surface area contributed by atoms with Crippen LogP contribution in [-0.4, -0.2) is 29.3 Å². The summed E-state index contributed by atoms with van der Waals surface area (Å²) < 4.78 is 0. The molecule has 1 aromatic rings. The molecule has 0 aliphatic rings. The van der Waals surface area contributed by atoms with Gasteiger partial charge in [-0.1, -0.05) is 70.8 Å². The summed E-state index contributed by atoms with van der Waals surface area (Å²) in [5.41, 5.74) is 0.335. The summed E-state index contributed by atoms with van der Waals surface area (Å²) in [4.78, 5) is 24.3. The van der Waals surface area contributed by atoms with Gasteiger partial charge in [0.15, 0.2) is 0 Å². The van der Waals surface area contributed by atoms with Crippen LogP contribution in [0.15, 0.2) is 24.3 Å². The van der Waals surface area contributed by atoms with Crippen LogP contribution in [0, 0.1) is 10.1 Å². The van der Waals surface area contributed by atoms with E-state index in [2.05, 4.69) is 6.92 Å². The molecule has 0 heterocycles. The van der Waals surface area contributed by atoms with Crippen LogP contribution in [0.3, 0.4) is 0 Å². The number of benzene rings is 1. The summed E-state index contributed by atoms with van der Waals surface area (Å²) in [5.74, 6) is -0.153. The first-order chi connectivity index (χ1) is 12.1. The number of non-ortho nitro benzene ring substituents is 1. The molecule has 1 aromatic carbocycles. The molecule has 1 amide bonds. The molecule has 1 rings (SSSR count). The standard InChI is InChI=1S/C20H32N2O3/c1-3-4-5-6-7-8-9-10-11-12-16-21(2)20(23)18-14-13-15-19(17-18)22(24)25/h13-15,17H,3-12,16H2,1-2H3. The highest BCUT2D eigenvalue weighted by Crippen LogP contribution is 2.15. The van der Waals surface area contributed by atoms with Gasteiger partial charge in [0.05, 0.1) is 4.92 Å². The van der Waals surface area contributed by atoms with Crippen molar-refractivity contribution >= 4 is 11.6 Å². The molecule has 0 fully saturated rings. The molecular formula is C20H32N2O3. The highest BCUT2D eigenvalue weighted by Gasteiger charge is 2.14. The van der Waals surface area contributed by atoms with Crippen LogP contribution in [0.25, 0.3) is 0 Å². The molecule has 0 aromatic heterocycles. The van der Waals surface area contributed by atoms with E-state index in [0.29, 0.717) is 12.1 Å².